The normalized spacial score (nSPS) is 35.4. The molecule has 2 fully saturated rings. The number of hydrogen-bond acceptors (Lipinski definition) is 4. The highest BCUT2D eigenvalue weighted by Gasteiger charge is 2.35. The molecule has 2 rings (SSSR count). The van der Waals surface area contributed by atoms with Crippen LogP contribution in [-0.2, 0) is 4.84 Å². The van der Waals surface area contributed by atoms with Gasteiger partial charge in [-0.1, -0.05) is 5.16 Å². The van der Waals surface area contributed by atoms with Crippen LogP contribution in [0.5, 0.6) is 0 Å². The molecule has 2 atom stereocenters. The van der Waals surface area contributed by atoms with E-state index in [-0.39, 0.29) is 6.61 Å². The Hall–Kier alpha value is -1.08. The van der Waals surface area contributed by atoms with Gasteiger partial charge in [-0.15, -0.1) is 0 Å². The molecule has 0 radical (unpaired) electrons. The first-order valence-corrected chi connectivity index (χ1v) is 4.18. The van der Waals surface area contributed by atoms with Crippen LogP contribution >= 0.6 is 0 Å². The van der Waals surface area contributed by atoms with Gasteiger partial charge in [-0.05, 0) is 13.0 Å². The van der Waals surface area contributed by atoms with Crippen molar-refractivity contribution in [2.75, 3.05) is 26.2 Å². The quantitative estimate of drug-likeness (QED) is 0.434. The average molecular weight is 165 g/mol. The van der Waals surface area contributed by atoms with Gasteiger partial charge in [-0.3, -0.25) is 4.90 Å². The van der Waals surface area contributed by atoms with Crippen LogP contribution in [0.2, 0.25) is 0 Å². The number of piperidine rings is 1. The molecule has 2 bridgehead atoms. The summed E-state index contributed by atoms with van der Waals surface area (Å²) in [6.07, 6.45) is 1.20. The Morgan fingerprint density at radius 3 is 3.25 bits per heavy atom. The van der Waals surface area contributed by atoms with Crippen molar-refractivity contribution in [1.82, 2.24) is 4.90 Å². The van der Waals surface area contributed by atoms with Crippen molar-refractivity contribution in [2.24, 2.45) is 11.1 Å². The van der Waals surface area contributed by atoms with E-state index in [0.717, 1.165) is 18.8 Å². The third kappa shape index (κ3) is 1.28. The fraction of sp³-hybridized carbons (Fsp3) is 0.750. The van der Waals surface area contributed by atoms with E-state index < -0.39 is 0 Å². The van der Waals surface area contributed by atoms with E-state index in [2.05, 4.69) is 10.1 Å². The van der Waals surface area contributed by atoms with Gasteiger partial charge in [0.05, 0.1) is 5.71 Å². The Morgan fingerprint density at radius 1 is 1.75 bits per heavy atom. The molecule has 0 aromatic heterocycles. The van der Waals surface area contributed by atoms with E-state index in [0.29, 0.717) is 5.92 Å². The fourth-order valence-electron chi connectivity index (χ4n) is 1.85. The lowest BCUT2D eigenvalue weighted by molar-refractivity contribution is 0.176. The van der Waals surface area contributed by atoms with Crippen molar-refractivity contribution in [1.29, 1.82) is 5.26 Å². The summed E-state index contributed by atoms with van der Waals surface area (Å²) < 4.78 is 0. The zero-order chi connectivity index (χ0) is 8.39. The minimum Gasteiger partial charge on any atom is -0.380 e. The van der Waals surface area contributed by atoms with Crippen molar-refractivity contribution in [3.05, 3.63) is 0 Å². The van der Waals surface area contributed by atoms with Crippen molar-refractivity contribution in [3.63, 3.8) is 0 Å². The minimum absolute atomic E-state index is 0.0657. The SMILES string of the molecule is N#CCO/N=C1/CN2CCC1C2. The highest BCUT2D eigenvalue weighted by molar-refractivity contribution is 5.91. The first-order chi connectivity index (χ1) is 5.90. The van der Waals surface area contributed by atoms with Crippen molar-refractivity contribution < 1.29 is 4.84 Å². The Kier molecular flexibility index (Phi) is 1.96. The second kappa shape index (κ2) is 3.11. The third-order valence-electron chi connectivity index (χ3n) is 2.44. The van der Waals surface area contributed by atoms with E-state index in [9.17, 15) is 0 Å². The summed E-state index contributed by atoms with van der Waals surface area (Å²) >= 11 is 0. The van der Waals surface area contributed by atoms with Crippen LogP contribution in [0.3, 0.4) is 0 Å². The Balaban J connectivity index is 1.90. The molecule has 0 aromatic rings. The molecule has 2 aliphatic rings. The zero-order valence-electron chi connectivity index (χ0n) is 6.86. The molecule has 2 aliphatic heterocycles. The molecule has 0 aliphatic carbocycles. The highest BCUT2D eigenvalue weighted by Crippen LogP contribution is 2.25. The first-order valence-electron chi connectivity index (χ1n) is 4.18. The van der Waals surface area contributed by atoms with E-state index in [1.165, 1.54) is 13.0 Å². The third-order valence-corrected chi connectivity index (χ3v) is 2.44. The van der Waals surface area contributed by atoms with Gasteiger partial charge in [0.2, 0.25) is 6.61 Å². The molecule has 4 nitrogen and oxygen atoms in total. The average Bonchev–Trinajstić information content (AvgIpc) is 2.65. The van der Waals surface area contributed by atoms with Gasteiger partial charge >= 0.3 is 0 Å². The monoisotopic (exact) mass is 165 g/mol. The molecule has 0 aromatic carbocycles. The maximum absolute atomic E-state index is 8.22. The van der Waals surface area contributed by atoms with E-state index >= 15 is 0 Å². The maximum Gasteiger partial charge on any atom is 0.202 e. The lowest BCUT2D eigenvalue weighted by Crippen LogP contribution is -2.23. The summed E-state index contributed by atoms with van der Waals surface area (Å²) in [4.78, 5) is 7.18. The molecule has 0 N–H and O–H groups in total. The molecular formula is C8H11N3O. The molecule has 0 amide bonds. The summed E-state index contributed by atoms with van der Waals surface area (Å²) in [5.41, 5.74) is 1.12. The zero-order valence-corrected chi connectivity index (χ0v) is 6.86. The van der Waals surface area contributed by atoms with Gasteiger partial charge in [-0.25, -0.2) is 0 Å². The first kappa shape index (κ1) is 7.56. The predicted molar refractivity (Wildman–Crippen MR) is 43.5 cm³/mol. The van der Waals surface area contributed by atoms with Crippen molar-refractivity contribution in [2.45, 2.75) is 6.42 Å². The van der Waals surface area contributed by atoms with Gasteiger partial charge in [0.1, 0.15) is 6.07 Å². The number of oxime groups is 1. The number of nitriles is 1. The second-order valence-electron chi connectivity index (χ2n) is 3.23. The lowest BCUT2D eigenvalue weighted by Gasteiger charge is -2.12. The number of hydrogen-bond donors (Lipinski definition) is 0. The molecule has 12 heavy (non-hydrogen) atoms. The molecular weight excluding hydrogens is 154 g/mol. The van der Waals surface area contributed by atoms with Crippen molar-refractivity contribution in [3.8, 4) is 6.07 Å². The summed E-state index contributed by atoms with van der Waals surface area (Å²) in [7, 11) is 0. The standard InChI is InChI=1S/C8H11N3O/c9-2-4-12-10-8-6-11-3-1-7(8)5-11/h7H,1,3-6H2/b10-8-. The topological polar surface area (TPSA) is 48.6 Å². The Bertz CT molecular complexity index is 243. The van der Waals surface area contributed by atoms with Crippen LogP contribution in [0.1, 0.15) is 6.42 Å². The predicted octanol–water partition coefficient (Wildman–Crippen LogP) is 0.218. The molecule has 0 spiro atoms. The lowest BCUT2D eigenvalue weighted by atomic mass is 10.0. The minimum atomic E-state index is 0.0657. The van der Waals surface area contributed by atoms with E-state index in [1.807, 2.05) is 6.07 Å². The summed E-state index contributed by atoms with van der Waals surface area (Å²) in [5.74, 6) is 0.601. The number of rotatable bonds is 2. The Labute approximate surface area is 71.4 Å². The van der Waals surface area contributed by atoms with Crippen molar-refractivity contribution >= 4 is 5.71 Å². The van der Waals surface area contributed by atoms with Gasteiger partial charge in [0.15, 0.2) is 0 Å². The molecule has 2 heterocycles. The smallest absolute Gasteiger partial charge is 0.202 e. The van der Waals surface area contributed by atoms with E-state index in [1.54, 1.807) is 0 Å². The van der Waals surface area contributed by atoms with Gasteiger partial charge in [0, 0.05) is 19.0 Å². The van der Waals surface area contributed by atoms with E-state index in [4.69, 9.17) is 10.1 Å². The second-order valence-corrected chi connectivity index (χ2v) is 3.23. The summed E-state index contributed by atoms with van der Waals surface area (Å²) in [6.45, 7) is 3.34. The molecule has 0 saturated carbocycles. The maximum atomic E-state index is 8.22. The van der Waals surface area contributed by atoms with Gasteiger partial charge in [-0.2, -0.15) is 5.26 Å². The molecule has 4 heteroatoms. The number of nitrogens with zero attached hydrogens (tertiary/aromatic N) is 3. The van der Waals surface area contributed by atoms with Crippen LogP contribution in [0.15, 0.2) is 5.16 Å². The van der Waals surface area contributed by atoms with Crippen LogP contribution in [0.4, 0.5) is 0 Å². The van der Waals surface area contributed by atoms with Gasteiger partial charge in [0.25, 0.3) is 0 Å². The van der Waals surface area contributed by atoms with Crippen LogP contribution in [0, 0.1) is 17.2 Å². The summed E-state index contributed by atoms with van der Waals surface area (Å²) in [6, 6.07) is 1.89. The Morgan fingerprint density at radius 2 is 2.67 bits per heavy atom. The number of fused-ring (bicyclic) bond motifs is 2. The van der Waals surface area contributed by atoms with Crippen LogP contribution in [0.25, 0.3) is 0 Å². The summed E-state index contributed by atoms with van der Waals surface area (Å²) in [5, 5.41) is 12.2. The molecule has 2 saturated heterocycles. The van der Waals surface area contributed by atoms with Crippen LogP contribution < -0.4 is 0 Å². The molecule has 64 valence electrons. The van der Waals surface area contributed by atoms with Crippen LogP contribution in [-0.4, -0.2) is 36.9 Å². The fourth-order valence-corrected chi connectivity index (χ4v) is 1.85. The largest absolute Gasteiger partial charge is 0.380 e. The highest BCUT2D eigenvalue weighted by atomic mass is 16.6. The van der Waals surface area contributed by atoms with Gasteiger partial charge < -0.3 is 4.84 Å². The molecule has 2 unspecified atom stereocenters.